The fourth-order valence-electron chi connectivity index (χ4n) is 4.02. The Labute approximate surface area is 187 Å². The van der Waals surface area contributed by atoms with Gasteiger partial charge in [-0.25, -0.2) is 14.8 Å². The van der Waals surface area contributed by atoms with Gasteiger partial charge in [-0.1, -0.05) is 0 Å². The van der Waals surface area contributed by atoms with Crippen molar-refractivity contribution in [1.82, 2.24) is 19.5 Å². The Balaban J connectivity index is 1.52. The van der Waals surface area contributed by atoms with E-state index in [4.69, 9.17) is 0 Å². The molecule has 0 unspecified atom stereocenters. The summed E-state index contributed by atoms with van der Waals surface area (Å²) in [6.45, 7) is 3.97. The predicted octanol–water partition coefficient (Wildman–Crippen LogP) is 5.10. The molecule has 0 fully saturated rings. The van der Waals surface area contributed by atoms with Crippen molar-refractivity contribution in [2.45, 2.75) is 13.8 Å². The number of fused-ring (bicyclic) bond motifs is 2. The van der Waals surface area contributed by atoms with Gasteiger partial charge in [-0.3, -0.25) is 4.79 Å². The number of nitrogens with one attached hydrogen (secondary N) is 1. The molecule has 8 heteroatoms. The van der Waals surface area contributed by atoms with Gasteiger partial charge in [0.25, 0.3) is 5.91 Å². The second-order valence-electron chi connectivity index (χ2n) is 7.69. The van der Waals surface area contributed by atoms with E-state index in [1.54, 1.807) is 6.07 Å². The summed E-state index contributed by atoms with van der Waals surface area (Å²) in [5.74, 6) is -0.640. The zero-order valence-corrected chi connectivity index (χ0v) is 18.6. The molecule has 4 aromatic heterocycles. The van der Waals surface area contributed by atoms with Crippen LogP contribution in [0.2, 0.25) is 0 Å². The minimum absolute atomic E-state index is 0.317. The van der Waals surface area contributed by atoms with Gasteiger partial charge in [0.15, 0.2) is 0 Å². The van der Waals surface area contributed by atoms with Crippen LogP contribution in [0.1, 0.15) is 26.5 Å². The quantitative estimate of drug-likeness (QED) is 0.309. The smallest absolute Gasteiger partial charge is 0.283 e. The van der Waals surface area contributed by atoms with Gasteiger partial charge in [0, 0.05) is 53.2 Å². The fraction of sp³-hybridized carbons (Fsp3) is 0.125. The second-order valence-corrected chi connectivity index (χ2v) is 8.69. The van der Waals surface area contributed by atoms with Gasteiger partial charge < -0.3 is 9.13 Å². The normalized spacial score (nSPS) is 11.8. The van der Waals surface area contributed by atoms with Crippen molar-refractivity contribution in [2.24, 2.45) is 12.1 Å². The largest absolute Gasteiger partial charge is 0.350 e. The lowest BCUT2D eigenvalue weighted by Gasteiger charge is -2.07. The van der Waals surface area contributed by atoms with E-state index < -0.39 is 0 Å². The first kappa shape index (κ1) is 20.1. The molecule has 0 spiro atoms. The molecule has 160 valence electrons. The molecule has 4 heterocycles. The van der Waals surface area contributed by atoms with Crippen molar-refractivity contribution < 1.29 is 9.18 Å². The standard InChI is InChI=1S/C24H20FN5OS/c1-14-10-15(2)27-24-20(14)21(30-8-4-5-9-30)22(32-24)23(31)28-26-12-16-13-29(3)19-7-6-17(25)11-18(16)19/h4-13H,1-3H3,(H,28,31)/b26-12-. The van der Waals surface area contributed by atoms with Crippen LogP contribution in [0.3, 0.4) is 0 Å². The number of rotatable bonds is 4. The van der Waals surface area contributed by atoms with E-state index in [2.05, 4.69) is 15.5 Å². The molecular weight excluding hydrogens is 425 g/mol. The molecule has 1 aromatic carbocycles. The number of nitrogens with zero attached hydrogens (tertiary/aromatic N) is 4. The Morgan fingerprint density at radius 1 is 1.22 bits per heavy atom. The highest BCUT2D eigenvalue weighted by atomic mass is 32.1. The number of carbonyl (C=O) groups excluding carboxylic acids is 1. The highest BCUT2D eigenvalue weighted by molar-refractivity contribution is 7.21. The van der Waals surface area contributed by atoms with Crippen LogP contribution in [0, 0.1) is 19.7 Å². The third-order valence-corrected chi connectivity index (χ3v) is 6.45. The zero-order valence-electron chi connectivity index (χ0n) is 17.8. The summed E-state index contributed by atoms with van der Waals surface area (Å²) < 4.78 is 17.5. The molecule has 0 aliphatic rings. The van der Waals surface area contributed by atoms with Gasteiger partial charge in [0.05, 0.1) is 11.9 Å². The number of carbonyl (C=O) groups is 1. The second kappa shape index (κ2) is 7.72. The molecule has 6 nitrogen and oxygen atoms in total. The minimum Gasteiger partial charge on any atom is -0.350 e. The Kier molecular flexibility index (Phi) is 4.86. The van der Waals surface area contributed by atoms with Gasteiger partial charge >= 0.3 is 0 Å². The SMILES string of the molecule is Cc1cc(C)c2c(-n3cccc3)c(C(=O)N/N=C\c3cn(C)c4ccc(F)cc34)sc2n1. The van der Waals surface area contributed by atoms with Crippen molar-refractivity contribution in [3.63, 3.8) is 0 Å². The molecular formula is C24H20FN5OS. The number of hydrogen-bond acceptors (Lipinski definition) is 4. The fourth-order valence-corrected chi connectivity index (χ4v) is 5.20. The number of aryl methyl sites for hydroxylation is 3. The lowest BCUT2D eigenvalue weighted by molar-refractivity contribution is 0.0959. The number of aromatic nitrogens is 3. The summed E-state index contributed by atoms with van der Waals surface area (Å²) in [6, 6.07) is 10.5. The molecule has 5 rings (SSSR count). The lowest BCUT2D eigenvalue weighted by atomic mass is 10.1. The van der Waals surface area contributed by atoms with E-state index in [0.717, 1.165) is 43.6 Å². The van der Waals surface area contributed by atoms with E-state index in [9.17, 15) is 9.18 Å². The summed E-state index contributed by atoms with van der Waals surface area (Å²) in [7, 11) is 1.88. The molecule has 0 atom stereocenters. The topological polar surface area (TPSA) is 64.2 Å². The van der Waals surface area contributed by atoms with E-state index >= 15 is 0 Å². The molecule has 1 N–H and O–H groups in total. The third kappa shape index (κ3) is 3.38. The van der Waals surface area contributed by atoms with Gasteiger partial charge in [0.1, 0.15) is 15.5 Å². The summed E-state index contributed by atoms with van der Waals surface area (Å²) >= 11 is 1.34. The highest BCUT2D eigenvalue weighted by Crippen LogP contribution is 2.35. The van der Waals surface area contributed by atoms with Crippen molar-refractivity contribution in [2.75, 3.05) is 0 Å². The maximum absolute atomic E-state index is 13.7. The van der Waals surface area contributed by atoms with Crippen molar-refractivity contribution in [3.8, 4) is 5.69 Å². The molecule has 0 radical (unpaired) electrons. The monoisotopic (exact) mass is 445 g/mol. The van der Waals surface area contributed by atoms with Gasteiger partial charge in [-0.05, 0) is 55.8 Å². The Bertz CT molecular complexity index is 1510. The average Bonchev–Trinajstić information content (AvgIpc) is 3.46. The van der Waals surface area contributed by atoms with Crippen LogP contribution in [0.4, 0.5) is 4.39 Å². The number of thiophene rings is 1. The molecule has 0 aliphatic heterocycles. The van der Waals surface area contributed by atoms with E-state index in [-0.39, 0.29) is 11.7 Å². The number of halogens is 1. The molecule has 0 bridgehead atoms. The first-order valence-electron chi connectivity index (χ1n) is 10.0. The van der Waals surface area contributed by atoms with Crippen LogP contribution in [-0.4, -0.2) is 26.2 Å². The Morgan fingerprint density at radius 2 is 2.00 bits per heavy atom. The summed E-state index contributed by atoms with van der Waals surface area (Å²) in [5, 5.41) is 5.85. The predicted molar refractivity (Wildman–Crippen MR) is 126 cm³/mol. The maximum atomic E-state index is 13.7. The summed E-state index contributed by atoms with van der Waals surface area (Å²) in [6.07, 6.45) is 7.20. The summed E-state index contributed by atoms with van der Waals surface area (Å²) in [4.78, 5) is 19.1. The lowest BCUT2D eigenvalue weighted by Crippen LogP contribution is -2.18. The Hall–Kier alpha value is -3.78. The molecule has 0 aliphatic carbocycles. The van der Waals surface area contributed by atoms with Crippen LogP contribution in [0.25, 0.3) is 26.8 Å². The number of pyridine rings is 1. The highest BCUT2D eigenvalue weighted by Gasteiger charge is 2.22. The average molecular weight is 446 g/mol. The van der Waals surface area contributed by atoms with Crippen LogP contribution in [0.15, 0.2) is 60.1 Å². The number of benzene rings is 1. The first-order valence-corrected chi connectivity index (χ1v) is 10.9. The van der Waals surface area contributed by atoms with Gasteiger partial charge in [-0.15, -0.1) is 11.3 Å². The van der Waals surface area contributed by atoms with Crippen LogP contribution in [0.5, 0.6) is 0 Å². The van der Waals surface area contributed by atoms with Crippen LogP contribution >= 0.6 is 11.3 Å². The maximum Gasteiger partial charge on any atom is 0.283 e. The molecule has 32 heavy (non-hydrogen) atoms. The molecule has 5 aromatic rings. The van der Waals surface area contributed by atoms with Crippen molar-refractivity contribution >= 4 is 44.6 Å². The first-order chi connectivity index (χ1) is 15.4. The van der Waals surface area contributed by atoms with Crippen LogP contribution in [-0.2, 0) is 7.05 Å². The Morgan fingerprint density at radius 3 is 2.78 bits per heavy atom. The third-order valence-electron chi connectivity index (χ3n) is 5.38. The van der Waals surface area contributed by atoms with E-state index in [1.165, 1.54) is 29.7 Å². The van der Waals surface area contributed by atoms with Crippen LogP contribution < -0.4 is 5.43 Å². The molecule has 1 amide bonds. The minimum atomic E-state index is -0.323. The molecule has 0 saturated heterocycles. The van der Waals surface area contributed by atoms with Crippen molar-refractivity contribution in [1.29, 1.82) is 0 Å². The number of hydrogen-bond donors (Lipinski definition) is 1. The molecule has 0 saturated carbocycles. The van der Waals surface area contributed by atoms with Gasteiger partial charge in [-0.2, -0.15) is 5.10 Å². The number of hydrazone groups is 1. The summed E-state index contributed by atoms with van der Waals surface area (Å²) in [5.41, 5.74) is 7.00. The van der Waals surface area contributed by atoms with E-state index in [1.807, 2.05) is 66.8 Å². The van der Waals surface area contributed by atoms with Crippen molar-refractivity contribution in [3.05, 3.63) is 82.5 Å². The zero-order chi connectivity index (χ0) is 22.4. The number of amides is 1. The van der Waals surface area contributed by atoms with Gasteiger partial charge in [0.2, 0.25) is 0 Å². The van der Waals surface area contributed by atoms with E-state index in [0.29, 0.717) is 4.88 Å².